The van der Waals surface area contributed by atoms with Crippen molar-refractivity contribution in [3.8, 4) is 11.5 Å². The van der Waals surface area contributed by atoms with E-state index in [1.807, 2.05) is 0 Å². The summed E-state index contributed by atoms with van der Waals surface area (Å²) in [5.74, 6) is 1.41. The van der Waals surface area contributed by atoms with Gasteiger partial charge >= 0.3 is 6.03 Å². The summed E-state index contributed by atoms with van der Waals surface area (Å²) < 4.78 is 13.0. The Morgan fingerprint density at radius 3 is 2.26 bits per heavy atom. The monoisotopic (exact) mass is 432 g/mol. The van der Waals surface area contributed by atoms with Gasteiger partial charge in [0.15, 0.2) is 11.5 Å². The number of amides is 3. The number of carbonyl (C=O) groups is 2. The van der Waals surface area contributed by atoms with Crippen molar-refractivity contribution < 1.29 is 19.1 Å². The number of hydrogen-bond donors (Lipinski definition) is 2. The number of fused-ring (bicyclic) bond motifs is 3. The molecule has 0 aromatic heterocycles. The average molecular weight is 433 g/mol. The van der Waals surface area contributed by atoms with Crippen molar-refractivity contribution in [2.24, 2.45) is 0 Å². The maximum Gasteiger partial charge on any atom is 0.322 e. The number of benzene rings is 1. The summed E-state index contributed by atoms with van der Waals surface area (Å²) in [6.45, 7) is 1.41. The quantitative estimate of drug-likeness (QED) is 0.616. The zero-order chi connectivity index (χ0) is 18.6. The van der Waals surface area contributed by atoms with E-state index < -0.39 is 5.54 Å². The van der Waals surface area contributed by atoms with E-state index in [0.29, 0.717) is 26.1 Å². The van der Waals surface area contributed by atoms with Crippen LogP contribution in [-0.2, 0) is 10.2 Å². The Morgan fingerprint density at radius 1 is 0.963 bits per heavy atom. The Hall–Kier alpha value is -2.02. The van der Waals surface area contributed by atoms with E-state index in [2.05, 4.69) is 44.8 Å². The third-order valence-electron chi connectivity index (χ3n) is 6.40. The first kappa shape index (κ1) is 17.1. The van der Waals surface area contributed by atoms with Gasteiger partial charge in [-0.2, -0.15) is 0 Å². The van der Waals surface area contributed by atoms with Crippen LogP contribution in [0.15, 0.2) is 16.6 Å². The van der Waals surface area contributed by atoms with Crippen LogP contribution >= 0.6 is 15.9 Å². The molecular formula is C20H21BrN2O4. The second-order valence-corrected chi connectivity index (χ2v) is 8.71. The van der Waals surface area contributed by atoms with Gasteiger partial charge in [-0.3, -0.25) is 10.1 Å². The summed E-state index contributed by atoms with van der Waals surface area (Å²) >= 11 is 3.79. The van der Waals surface area contributed by atoms with Crippen LogP contribution in [-0.4, -0.2) is 30.7 Å². The lowest BCUT2D eigenvalue weighted by Crippen LogP contribution is -2.52. The van der Waals surface area contributed by atoms with Crippen molar-refractivity contribution in [3.05, 3.63) is 27.7 Å². The van der Waals surface area contributed by atoms with Gasteiger partial charge in [0.2, 0.25) is 0 Å². The number of nitrogens with one attached hydrogen (secondary N) is 2. The predicted molar refractivity (Wildman–Crippen MR) is 103 cm³/mol. The summed E-state index contributed by atoms with van der Waals surface area (Å²) in [5, 5.41) is 5.24. The summed E-state index contributed by atoms with van der Waals surface area (Å²) in [4.78, 5) is 23.9. The third-order valence-corrected chi connectivity index (χ3v) is 7.38. The molecule has 27 heavy (non-hydrogen) atoms. The highest BCUT2D eigenvalue weighted by molar-refractivity contribution is 9.11. The van der Waals surface area contributed by atoms with Crippen molar-refractivity contribution >= 4 is 33.9 Å². The maximum atomic E-state index is 12.3. The van der Waals surface area contributed by atoms with Gasteiger partial charge in [0, 0.05) is 9.90 Å². The molecule has 2 fully saturated rings. The molecule has 1 aromatic carbocycles. The van der Waals surface area contributed by atoms with Crippen LogP contribution < -0.4 is 20.1 Å². The van der Waals surface area contributed by atoms with E-state index >= 15 is 0 Å². The highest BCUT2D eigenvalue weighted by Crippen LogP contribution is 2.56. The Labute approximate surface area is 165 Å². The fourth-order valence-electron chi connectivity index (χ4n) is 4.80. The SMILES string of the molecule is O=C1NC(=O)C2(CCC3(CC2)C(Br)=Cc2cc4c(cc23)OCCCCO4)N1. The molecule has 3 amide bonds. The van der Waals surface area contributed by atoms with E-state index in [1.54, 1.807) is 0 Å². The van der Waals surface area contributed by atoms with Gasteiger partial charge in [0.25, 0.3) is 5.91 Å². The zero-order valence-corrected chi connectivity index (χ0v) is 16.5. The van der Waals surface area contributed by atoms with Gasteiger partial charge in [-0.25, -0.2) is 4.79 Å². The largest absolute Gasteiger partial charge is 0.490 e. The molecular weight excluding hydrogens is 412 g/mol. The van der Waals surface area contributed by atoms with E-state index in [4.69, 9.17) is 9.47 Å². The van der Waals surface area contributed by atoms with Crippen LogP contribution in [0.1, 0.15) is 49.7 Å². The molecule has 2 N–H and O–H groups in total. The molecule has 7 heteroatoms. The number of imide groups is 1. The molecule has 4 aliphatic rings. The summed E-state index contributed by atoms with van der Waals surface area (Å²) in [6.07, 6.45) is 6.93. The minimum Gasteiger partial charge on any atom is -0.490 e. The Morgan fingerprint density at radius 2 is 1.63 bits per heavy atom. The van der Waals surface area contributed by atoms with E-state index in [0.717, 1.165) is 47.2 Å². The molecule has 1 saturated heterocycles. The molecule has 0 unspecified atom stereocenters. The second-order valence-electron chi connectivity index (χ2n) is 7.85. The number of urea groups is 1. The van der Waals surface area contributed by atoms with Gasteiger partial charge in [0.05, 0.1) is 13.2 Å². The number of rotatable bonds is 0. The van der Waals surface area contributed by atoms with Crippen LogP contribution in [0.4, 0.5) is 4.79 Å². The molecule has 0 bridgehead atoms. The lowest BCUT2D eigenvalue weighted by Gasteiger charge is -2.42. The fraction of sp³-hybridized carbons (Fsp3) is 0.500. The number of hydrogen-bond acceptors (Lipinski definition) is 4. The van der Waals surface area contributed by atoms with Gasteiger partial charge in [-0.05, 0) is 67.9 Å². The Bertz CT molecular complexity index is 871. The molecule has 2 spiro atoms. The third kappa shape index (κ3) is 2.51. The lowest BCUT2D eigenvalue weighted by molar-refractivity contribution is -0.125. The first-order chi connectivity index (χ1) is 13.0. The van der Waals surface area contributed by atoms with Crippen LogP contribution in [0.5, 0.6) is 11.5 Å². The molecule has 2 aliphatic carbocycles. The van der Waals surface area contributed by atoms with E-state index in [-0.39, 0.29) is 17.4 Å². The normalized spacial score (nSPS) is 31.8. The molecule has 6 nitrogen and oxygen atoms in total. The molecule has 0 radical (unpaired) electrons. The number of ether oxygens (including phenoxy) is 2. The minimum atomic E-state index is -0.762. The molecule has 2 heterocycles. The molecule has 1 saturated carbocycles. The topological polar surface area (TPSA) is 76.7 Å². The van der Waals surface area contributed by atoms with Crippen LogP contribution in [0, 0.1) is 0 Å². The molecule has 1 aromatic rings. The van der Waals surface area contributed by atoms with E-state index in [1.165, 1.54) is 5.56 Å². The van der Waals surface area contributed by atoms with Gasteiger partial charge in [-0.1, -0.05) is 15.9 Å². The smallest absolute Gasteiger partial charge is 0.322 e. The second kappa shape index (κ2) is 5.99. The van der Waals surface area contributed by atoms with Crippen LogP contribution in [0.25, 0.3) is 6.08 Å². The van der Waals surface area contributed by atoms with Gasteiger partial charge < -0.3 is 14.8 Å². The zero-order valence-electron chi connectivity index (χ0n) is 14.9. The van der Waals surface area contributed by atoms with Crippen molar-refractivity contribution in [3.63, 3.8) is 0 Å². The van der Waals surface area contributed by atoms with Gasteiger partial charge in [0.1, 0.15) is 5.54 Å². The van der Waals surface area contributed by atoms with Crippen molar-refractivity contribution in [1.29, 1.82) is 0 Å². The highest BCUT2D eigenvalue weighted by atomic mass is 79.9. The first-order valence-electron chi connectivity index (χ1n) is 9.48. The summed E-state index contributed by atoms with van der Waals surface area (Å²) in [7, 11) is 0. The molecule has 2 aliphatic heterocycles. The summed E-state index contributed by atoms with van der Waals surface area (Å²) in [6, 6.07) is 3.80. The Kier molecular flexibility index (Phi) is 3.79. The average Bonchev–Trinajstić information content (AvgIpc) is 3.04. The number of carbonyl (C=O) groups excluding carboxylic acids is 2. The van der Waals surface area contributed by atoms with E-state index in [9.17, 15) is 9.59 Å². The highest BCUT2D eigenvalue weighted by Gasteiger charge is 2.54. The van der Waals surface area contributed by atoms with Gasteiger partial charge in [-0.15, -0.1) is 0 Å². The predicted octanol–water partition coefficient (Wildman–Crippen LogP) is 3.38. The lowest BCUT2D eigenvalue weighted by atomic mass is 9.65. The van der Waals surface area contributed by atoms with Crippen LogP contribution in [0.2, 0.25) is 0 Å². The molecule has 0 atom stereocenters. The van der Waals surface area contributed by atoms with Crippen molar-refractivity contribution in [1.82, 2.24) is 10.6 Å². The first-order valence-corrected chi connectivity index (χ1v) is 10.3. The number of allylic oxidation sites excluding steroid dienone is 1. The minimum absolute atomic E-state index is 0.172. The fourth-order valence-corrected chi connectivity index (χ4v) is 5.66. The maximum absolute atomic E-state index is 12.3. The van der Waals surface area contributed by atoms with Crippen molar-refractivity contribution in [2.75, 3.05) is 13.2 Å². The summed E-state index contributed by atoms with van der Waals surface area (Å²) in [5.41, 5.74) is 1.42. The standard InChI is InChI=1S/C20H21BrN2O4/c21-16-10-12-9-14-15(27-8-2-1-7-26-14)11-13(12)19(16)3-5-20(6-4-19)17(24)22-18(25)23-20/h9-11H,1-8H2,(H2,22,23,24,25). The molecule has 5 rings (SSSR count). The van der Waals surface area contributed by atoms with Crippen molar-refractivity contribution in [2.45, 2.75) is 49.5 Å². The molecule has 142 valence electrons. The number of halogens is 1. The Balaban J connectivity index is 1.49. The van der Waals surface area contributed by atoms with Crippen LogP contribution in [0.3, 0.4) is 0 Å².